The second-order valence-electron chi connectivity index (χ2n) is 9.10. The molecule has 2 heterocycles. The summed E-state index contributed by atoms with van der Waals surface area (Å²) in [5.41, 5.74) is 7.47. The fourth-order valence-electron chi connectivity index (χ4n) is 3.90. The van der Waals surface area contributed by atoms with Crippen molar-refractivity contribution in [2.45, 2.75) is 64.0 Å². The zero-order valence-electron chi connectivity index (χ0n) is 20.4. The molecule has 1 saturated heterocycles. The van der Waals surface area contributed by atoms with Crippen LogP contribution in [0.4, 0.5) is 0 Å². The van der Waals surface area contributed by atoms with Crippen molar-refractivity contribution in [3.8, 4) is 11.3 Å². The largest absolute Gasteiger partial charge is 0.390 e. The standard InChI is InChI=1S/C23H35N5O7S/c1-3-15(2)20(24)23(31)26-36(32,33)35-14-19-22(30)21(29)17(13-34-19)10-7-11-28-12-18(25-27-28)16-8-5-4-6-9-16/h4-6,8-9,12,15,17,19-22,29-30H,3,7,10-11,13-14,24H2,1-2H3,(H,26,31)/t15?,17-,19-,20+,21+,22-/m1/s1. The second kappa shape index (κ2) is 12.7. The lowest BCUT2D eigenvalue weighted by Crippen LogP contribution is -2.52. The highest BCUT2D eigenvalue weighted by molar-refractivity contribution is 7.85. The number of aliphatic hydroxyl groups excluding tert-OH is 2. The fourth-order valence-corrected chi connectivity index (χ4v) is 4.65. The molecule has 1 fully saturated rings. The van der Waals surface area contributed by atoms with E-state index >= 15 is 0 Å². The Morgan fingerprint density at radius 2 is 2.03 bits per heavy atom. The molecule has 0 saturated carbocycles. The second-order valence-corrected chi connectivity index (χ2v) is 10.5. The number of nitrogens with zero attached hydrogens (tertiary/aromatic N) is 3. The molecular formula is C23H35N5O7S. The molecule has 0 spiro atoms. The summed E-state index contributed by atoms with van der Waals surface area (Å²) in [5.74, 6) is -1.44. The van der Waals surface area contributed by atoms with Gasteiger partial charge in [0.05, 0.1) is 31.6 Å². The lowest BCUT2D eigenvalue weighted by molar-refractivity contribution is -0.173. The van der Waals surface area contributed by atoms with Gasteiger partial charge < -0.3 is 20.7 Å². The molecule has 13 heteroatoms. The Bertz CT molecular complexity index is 1080. The minimum absolute atomic E-state index is 0.115. The summed E-state index contributed by atoms with van der Waals surface area (Å²) in [6.45, 7) is 3.69. The van der Waals surface area contributed by atoms with Crippen LogP contribution < -0.4 is 10.5 Å². The molecule has 1 aromatic carbocycles. The quantitative estimate of drug-likeness (QED) is 0.299. The third-order valence-electron chi connectivity index (χ3n) is 6.48. The first-order valence-corrected chi connectivity index (χ1v) is 13.4. The van der Waals surface area contributed by atoms with Gasteiger partial charge in [-0.3, -0.25) is 13.7 Å². The number of aromatic nitrogens is 3. The van der Waals surface area contributed by atoms with E-state index in [1.807, 2.05) is 43.5 Å². The van der Waals surface area contributed by atoms with E-state index in [2.05, 4.69) is 10.3 Å². The Hall–Kier alpha value is -2.42. The minimum Gasteiger partial charge on any atom is -0.390 e. The Kier molecular flexibility index (Phi) is 9.93. The van der Waals surface area contributed by atoms with Crippen LogP contribution in [0.3, 0.4) is 0 Å². The summed E-state index contributed by atoms with van der Waals surface area (Å²) < 4.78 is 38.1. The van der Waals surface area contributed by atoms with Crippen molar-refractivity contribution in [1.82, 2.24) is 19.7 Å². The third kappa shape index (κ3) is 7.54. The van der Waals surface area contributed by atoms with Crippen molar-refractivity contribution in [2.24, 2.45) is 17.6 Å². The van der Waals surface area contributed by atoms with Gasteiger partial charge in [0.25, 0.3) is 5.91 Å². The van der Waals surface area contributed by atoms with Crippen LogP contribution in [0, 0.1) is 11.8 Å². The number of carbonyl (C=O) groups is 1. The molecule has 1 aliphatic heterocycles. The van der Waals surface area contributed by atoms with Crippen LogP contribution >= 0.6 is 0 Å². The van der Waals surface area contributed by atoms with E-state index in [1.165, 1.54) is 0 Å². The van der Waals surface area contributed by atoms with Gasteiger partial charge in [0, 0.05) is 18.0 Å². The molecule has 0 aliphatic carbocycles. The van der Waals surface area contributed by atoms with Gasteiger partial charge >= 0.3 is 10.3 Å². The van der Waals surface area contributed by atoms with E-state index in [1.54, 1.807) is 16.3 Å². The lowest BCUT2D eigenvalue weighted by Gasteiger charge is -2.37. The molecule has 3 rings (SSSR count). The highest BCUT2D eigenvalue weighted by Gasteiger charge is 2.39. The van der Waals surface area contributed by atoms with Crippen LogP contribution in [-0.4, -0.2) is 77.1 Å². The number of carbonyl (C=O) groups excluding carboxylic acids is 1. The number of amides is 1. The predicted molar refractivity (Wildman–Crippen MR) is 130 cm³/mol. The summed E-state index contributed by atoms with van der Waals surface area (Å²) in [7, 11) is -4.45. The SMILES string of the molecule is CCC(C)[C@H](N)C(=O)NS(=O)(=O)OC[C@H]1OC[C@@H](CCCn2cc(-c3ccccc3)nn2)[C@H](O)[C@@H]1O. The Morgan fingerprint density at radius 1 is 1.31 bits per heavy atom. The molecule has 5 N–H and O–H groups in total. The summed E-state index contributed by atoms with van der Waals surface area (Å²) in [5, 5.41) is 29.3. The Morgan fingerprint density at radius 3 is 2.72 bits per heavy atom. The number of aliphatic hydroxyl groups is 2. The van der Waals surface area contributed by atoms with E-state index in [0.29, 0.717) is 25.8 Å². The normalized spacial score (nSPS) is 24.2. The number of benzene rings is 1. The first-order chi connectivity index (χ1) is 17.1. The third-order valence-corrected chi connectivity index (χ3v) is 7.38. The first-order valence-electron chi connectivity index (χ1n) is 12.0. The molecule has 1 aliphatic rings. The van der Waals surface area contributed by atoms with Crippen LogP contribution in [0.1, 0.15) is 33.1 Å². The van der Waals surface area contributed by atoms with Gasteiger partial charge in [-0.2, -0.15) is 8.42 Å². The van der Waals surface area contributed by atoms with Gasteiger partial charge in [0.15, 0.2) is 0 Å². The van der Waals surface area contributed by atoms with Gasteiger partial charge in [0.2, 0.25) is 0 Å². The number of nitrogens with one attached hydrogen (secondary N) is 1. The number of rotatable bonds is 12. The van der Waals surface area contributed by atoms with E-state index in [-0.39, 0.29) is 18.4 Å². The van der Waals surface area contributed by atoms with Crippen molar-refractivity contribution in [1.29, 1.82) is 0 Å². The molecule has 6 atom stereocenters. The molecule has 0 radical (unpaired) electrons. The molecule has 36 heavy (non-hydrogen) atoms. The van der Waals surface area contributed by atoms with Gasteiger partial charge in [-0.25, -0.2) is 4.72 Å². The summed E-state index contributed by atoms with van der Waals surface area (Å²) >= 11 is 0. The van der Waals surface area contributed by atoms with Crippen LogP contribution in [-0.2, 0) is 30.6 Å². The first kappa shape index (κ1) is 28.2. The van der Waals surface area contributed by atoms with Crippen LogP contribution in [0.25, 0.3) is 11.3 Å². The van der Waals surface area contributed by atoms with Crippen LogP contribution in [0.2, 0.25) is 0 Å². The number of hydrogen-bond donors (Lipinski definition) is 4. The summed E-state index contributed by atoms with van der Waals surface area (Å²) in [6, 6.07) is 8.68. The highest BCUT2D eigenvalue weighted by Crippen LogP contribution is 2.25. The number of aryl methyl sites for hydroxylation is 1. The summed E-state index contributed by atoms with van der Waals surface area (Å²) in [6.07, 6.45) is 0.105. The summed E-state index contributed by atoms with van der Waals surface area (Å²) in [4.78, 5) is 12.0. The topological polar surface area (TPSA) is 179 Å². The Balaban J connectivity index is 1.43. The molecule has 2 aromatic rings. The molecule has 12 nitrogen and oxygen atoms in total. The average molecular weight is 526 g/mol. The molecule has 1 aromatic heterocycles. The number of hydrogen-bond acceptors (Lipinski definition) is 10. The Labute approximate surface area is 211 Å². The minimum atomic E-state index is -4.45. The predicted octanol–water partition coefficient (Wildman–Crippen LogP) is 0.213. The van der Waals surface area contributed by atoms with Crippen LogP contribution in [0.15, 0.2) is 36.5 Å². The molecule has 1 unspecified atom stereocenters. The molecule has 1 amide bonds. The van der Waals surface area contributed by atoms with E-state index in [4.69, 9.17) is 14.7 Å². The van der Waals surface area contributed by atoms with Crippen molar-refractivity contribution in [3.05, 3.63) is 36.5 Å². The number of nitrogens with two attached hydrogens (primary N) is 1. The van der Waals surface area contributed by atoms with E-state index < -0.39 is 47.2 Å². The lowest BCUT2D eigenvalue weighted by atomic mass is 9.89. The molecule has 0 bridgehead atoms. The van der Waals surface area contributed by atoms with Gasteiger partial charge in [-0.1, -0.05) is 55.8 Å². The van der Waals surface area contributed by atoms with E-state index in [9.17, 15) is 23.4 Å². The molecular weight excluding hydrogens is 490 g/mol. The van der Waals surface area contributed by atoms with Crippen LogP contribution in [0.5, 0.6) is 0 Å². The van der Waals surface area contributed by atoms with Crippen molar-refractivity contribution in [2.75, 3.05) is 13.2 Å². The van der Waals surface area contributed by atoms with E-state index in [0.717, 1.165) is 11.3 Å². The smallest absolute Gasteiger partial charge is 0.362 e. The van der Waals surface area contributed by atoms with Crippen molar-refractivity contribution in [3.63, 3.8) is 0 Å². The van der Waals surface area contributed by atoms with Gasteiger partial charge in [0.1, 0.15) is 17.9 Å². The average Bonchev–Trinajstić information content (AvgIpc) is 3.34. The zero-order chi connectivity index (χ0) is 26.3. The number of ether oxygens (including phenoxy) is 1. The highest BCUT2D eigenvalue weighted by atomic mass is 32.2. The monoisotopic (exact) mass is 525 g/mol. The maximum atomic E-state index is 12.1. The maximum Gasteiger partial charge on any atom is 0.362 e. The van der Waals surface area contributed by atoms with Crippen molar-refractivity contribution < 1.29 is 32.3 Å². The molecule has 200 valence electrons. The van der Waals surface area contributed by atoms with Crippen molar-refractivity contribution >= 4 is 16.2 Å². The van der Waals surface area contributed by atoms with Gasteiger partial charge in [-0.15, -0.1) is 5.10 Å². The fraction of sp³-hybridized carbons (Fsp3) is 0.609. The van der Waals surface area contributed by atoms with Gasteiger partial charge in [-0.05, 0) is 18.8 Å². The maximum absolute atomic E-state index is 12.1. The zero-order valence-corrected chi connectivity index (χ0v) is 21.3.